The summed E-state index contributed by atoms with van der Waals surface area (Å²) in [5, 5.41) is 20.3. The molecule has 8 nitrogen and oxygen atoms in total. The highest BCUT2D eigenvalue weighted by Gasteiger charge is 2.21. The zero-order valence-electron chi connectivity index (χ0n) is 21.6. The lowest BCUT2D eigenvalue weighted by Crippen LogP contribution is -2.32. The third-order valence-corrected chi connectivity index (χ3v) is 7.10. The molecule has 0 aliphatic heterocycles. The van der Waals surface area contributed by atoms with Gasteiger partial charge in [-0.3, -0.25) is 4.98 Å². The van der Waals surface area contributed by atoms with Crippen LogP contribution in [0, 0.1) is 18.3 Å². The van der Waals surface area contributed by atoms with Crippen molar-refractivity contribution in [2.75, 3.05) is 0 Å². The molecule has 0 spiro atoms. The molecule has 40 heavy (non-hydrogen) atoms. The summed E-state index contributed by atoms with van der Waals surface area (Å²) in [7, 11) is 0. The van der Waals surface area contributed by atoms with Crippen molar-refractivity contribution < 1.29 is 4.68 Å². The molecule has 0 saturated carbocycles. The third kappa shape index (κ3) is 5.23. The van der Waals surface area contributed by atoms with E-state index >= 15 is 0 Å². The Kier molecular flexibility index (Phi) is 6.87. The summed E-state index contributed by atoms with van der Waals surface area (Å²) in [5.74, 6) is 0.719. The summed E-state index contributed by atoms with van der Waals surface area (Å²) in [4.78, 5) is 13.2. The highest BCUT2D eigenvalue weighted by atomic mass is 35.5. The number of pyridine rings is 1. The van der Waals surface area contributed by atoms with E-state index in [4.69, 9.17) is 26.8 Å². The smallest absolute Gasteiger partial charge is 0.293 e. The number of H-pyrrole nitrogens is 2. The number of hydrogen-bond donors (Lipinski definition) is 2. The van der Waals surface area contributed by atoms with E-state index in [1.807, 2.05) is 60.9 Å². The Morgan fingerprint density at radius 1 is 0.925 bits per heavy atom. The Balaban J connectivity index is 1.37. The summed E-state index contributed by atoms with van der Waals surface area (Å²) in [6, 6.07) is 27.9. The van der Waals surface area contributed by atoms with E-state index in [0.29, 0.717) is 10.6 Å². The maximum absolute atomic E-state index is 9.14. The van der Waals surface area contributed by atoms with Crippen LogP contribution in [0.1, 0.15) is 34.1 Å². The van der Waals surface area contributed by atoms with Gasteiger partial charge in [0.05, 0.1) is 35.1 Å². The lowest BCUT2D eigenvalue weighted by Gasteiger charge is -2.16. The number of nitrogens with one attached hydrogen (secondary N) is 2. The first-order valence-electron chi connectivity index (χ1n) is 12.7. The number of tetrazole rings is 1. The van der Waals surface area contributed by atoms with E-state index < -0.39 is 0 Å². The highest BCUT2D eigenvalue weighted by Crippen LogP contribution is 2.31. The molecule has 3 heterocycles. The van der Waals surface area contributed by atoms with E-state index in [0.717, 1.165) is 46.0 Å². The van der Waals surface area contributed by atoms with Crippen LogP contribution in [0.4, 0.5) is 0 Å². The number of halogens is 1. The van der Waals surface area contributed by atoms with Crippen molar-refractivity contribution in [3.8, 4) is 34.1 Å². The number of aromatic nitrogens is 7. The first kappa shape index (κ1) is 25.2. The molecule has 0 aliphatic rings. The molecule has 6 rings (SSSR count). The Labute approximate surface area is 236 Å². The summed E-state index contributed by atoms with van der Waals surface area (Å²) in [5.41, 5.74) is 8.45. The predicted molar refractivity (Wildman–Crippen MR) is 152 cm³/mol. The number of rotatable bonds is 7. The minimum Gasteiger partial charge on any atom is -0.341 e. The first-order chi connectivity index (χ1) is 19.6. The van der Waals surface area contributed by atoms with Gasteiger partial charge in [-0.05, 0) is 60.9 Å². The van der Waals surface area contributed by atoms with Crippen LogP contribution < -0.4 is 4.68 Å². The quantitative estimate of drug-likeness (QED) is 0.249. The molecule has 0 bridgehead atoms. The average Bonchev–Trinajstić information content (AvgIpc) is 3.70. The standard InChI is InChI=1S/C31H23ClN8/c1-20-2-4-21(5-3-20)14-27(31-35-18-29(37-31)23-8-6-22(16-33)7-9-23)28-12-10-24(17-34-28)26-15-25(32)11-13-30(26)40-19-36-38-39-40/h2-13,15,17-19,27H,14H2,1H3,(H,35,37)/p+1. The second-order valence-corrected chi connectivity index (χ2v) is 9.98. The minimum atomic E-state index is -0.103. The van der Waals surface area contributed by atoms with Gasteiger partial charge in [0.2, 0.25) is 0 Å². The van der Waals surface area contributed by atoms with Crippen LogP contribution in [-0.2, 0) is 6.42 Å². The second-order valence-electron chi connectivity index (χ2n) is 9.55. The summed E-state index contributed by atoms with van der Waals surface area (Å²) < 4.78 is 1.73. The normalized spacial score (nSPS) is 11.7. The van der Waals surface area contributed by atoms with Crippen molar-refractivity contribution in [3.05, 3.63) is 131 Å². The lowest BCUT2D eigenvalue weighted by atomic mass is 9.93. The largest absolute Gasteiger partial charge is 0.341 e. The maximum Gasteiger partial charge on any atom is 0.293 e. The van der Waals surface area contributed by atoms with Crippen molar-refractivity contribution in [1.82, 2.24) is 30.5 Å². The molecular weight excluding hydrogens is 520 g/mol. The van der Waals surface area contributed by atoms with Gasteiger partial charge >= 0.3 is 0 Å². The van der Waals surface area contributed by atoms with Crippen LogP contribution in [0.15, 0.2) is 97.6 Å². The van der Waals surface area contributed by atoms with Gasteiger partial charge in [0, 0.05) is 22.3 Å². The number of nitrogens with zero attached hydrogens (tertiary/aromatic N) is 6. The van der Waals surface area contributed by atoms with Crippen molar-refractivity contribution in [3.63, 3.8) is 0 Å². The molecule has 0 amide bonds. The van der Waals surface area contributed by atoms with Gasteiger partial charge in [0.1, 0.15) is 16.6 Å². The van der Waals surface area contributed by atoms with Crippen molar-refractivity contribution in [2.24, 2.45) is 0 Å². The third-order valence-electron chi connectivity index (χ3n) is 6.86. The first-order valence-corrected chi connectivity index (χ1v) is 13.1. The van der Waals surface area contributed by atoms with Gasteiger partial charge in [-0.1, -0.05) is 64.8 Å². The van der Waals surface area contributed by atoms with Gasteiger partial charge in [0.15, 0.2) is 5.21 Å². The fraction of sp³-hybridized carbons (Fsp3) is 0.0968. The van der Waals surface area contributed by atoms with Gasteiger partial charge in [0.25, 0.3) is 6.33 Å². The van der Waals surface area contributed by atoms with Gasteiger partial charge < -0.3 is 4.98 Å². The van der Waals surface area contributed by atoms with Crippen LogP contribution in [0.25, 0.3) is 28.1 Å². The number of benzene rings is 3. The number of aromatic amines is 2. The molecule has 0 fully saturated rings. The zero-order chi connectivity index (χ0) is 27.5. The molecule has 2 N–H and O–H groups in total. The minimum absolute atomic E-state index is 0.103. The van der Waals surface area contributed by atoms with Crippen molar-refractivity contribution in [2.45, 2.75) is 19.3 Å². The monoisotopic (exact) mass is 543 g/mol. The highest BCUT2D eigenvalue weighted by molar-refractivity contribution is 6.31. The van der Waals surface area contributed by atoms with Crippen LogP contribution >= 0.6 is 11.6 Å². The molecule has 6 aromatic rings. The lowest BCUT2D eigenvalue weighted by molar-refractivity contribution is -0.659. The second kappa shape index (κ2) is 10.9. The Bertz CT molecular complexity index is 1780. The van der Waals surface area contributed by atoms with E-state index in [-0.39, 0.29) is 5.92 Å². The molecule has 0 radical (unpaired) electrons. The topological polar surface area (TPSA) is 111 Å². The van der Waals surface area contributed by atoms with E-state index in [9.17, 15) is 0 Å². The maximum atomic E-state index is 9.14. The SMILES string of the molecule is Cc1ccc(CC(c2ccc(-c3cc(Cl)ccc3-[n+]3cnn[nH]3)cn2)c2ncc(-c3ccc(C#N)cc3)[nH]2)cc1. The number of imidazole rings is 1. The Hall–Kier alpha value is -5.13. The van der Waals surface area contributed by atoms with E-state index in [2.05, 4.69) is 63.8 Å². The van der Waals surface area contributed by atoms with Gasteiger partial charge in [-0.25, -0.2) is 4.98 Å². The zero-order valence-corrected chi connectivity index (χ0v) is 22.3. The molecule has 3 aromatic heterocycles. The summed E-state index contributed by atoms with van der Waals surface area (Å²) >= 11 is 6.36. The molecular formula is C31H24ClN8+. The summed E-state index contributed by atoms with van der Waals surface area (Å²) in [6.45, 7) is 2.08. The predicted octanol–water partition coefficient (Wildman–Crippen LogP) is 5.74. The number of nitriles is 1. The molecule has 1 unspecified atom stereocenters. The summed E-state index contributed by atoms with van der Waals surface area (Å²) in [6.07, 6.45) is 6.03. The van der Waals surface area contributed by atoms with Crippen molar-refractivity contribution in [1.29, 1.82) is 5.26 Å². The Morgan fingerprint density at radius 2 is 1.73 bits per heavy atom. The van der Waals surface area contributed by atoms with Crippen molar-refractivity contribution >= 4 is 11.6 Å². The van der Waals surface area contributed by atoms with Crippen LogP contribution in [0.2, 0.25) is 5.02 Å². The van der Waals surface area contributed by atoms with E-state index in [1.165, 1.54) is 11.1 Å². The fourth-order valence-corrected chi connectivity index (χ4v) is 4.87. The fourth-order valence-electron chi connectivity index (χ4n) is 4.70. The molecule has 3 aromatic carbocycles. The average molecular weight is 544 g/mol. The molecule has 1 atom stereocenters. The van der Waals surface area contributed by atoms with Crippen LogP contribution in [-0.4, -0.2) is 30.5 Å². The van der Waals surface area contributed by atoms with Crippen LogP contribution in [0.5, 0.6) is 0 Å². The Morgan fingerprint density at radius 3 is 2.42 bits per heavy atom. The molecule has 194 valence electrons. The molecule has 0 aliphatic carbocycles. The van der Waals surface area contributed by atoms with Gasteiger partial charge in [-0.2, -0.15) is 5.26 Å². The molecule has 0 saturated heterocycles. The molecule has 9 heteroatoms. The van der Waals surface area contributed by atoms with E-state index in [1.54, 1.807) is 11.0 Å². The number of aryl methyl sites for hydroxylation is 1. The number of hydrogen-bond acceptors (Lipinski definition) is 5. The van der Waals surface area contributed by atoms with Gasteiger partial charge in [-0.15, -0.1) is 4.68 Å². The van der Waals surface area contributed by atoms with Crippen LogP contribution in [0.3, 0.4) is 0 Å².